The Kier molecular flexibility index (Phi) is 5.01. The number of ether oxygens (including phenoxy) is 1. The number of para-hydroxylation sites is 1. The number of rotatable bonds is 5. The molecule has 0 saturated heterocycles. The molecule has 0 bridgehead atoms. The van der Waals surface area contributed by atoms with Crippen molar-refractivity contribution in [1.29, 1.82) is 5.26 Å². The summed E-state index contributed by atoms with van der Waals surface area (Å²) in [6.07, 6.45) is 3.47. The first kappa shape index (κ1) is 15.1. The Morgan fingerprint density at radius 1 is 1.38 bits per heavy atom. The van der Waals surface area contributed by atoms with Crippen molar-refractivity contribution in [2.24, 2.45) is 0 Å². The molecule has 0 N–H and O–H groups in total. The Balaban J connectivity index is 2.32. The summed E-state index contributed by atoms with van der Waals surface area (Å²) in [5.74, 6) is 1.45. The number of methoxy groups -OCH3 is 1. The number of hydrogen-bond acceptors (Lipinski definition) is 6. The van der Waals surface area contributed by atoms with Crippen molar-refractivity contribution >= 4 is 17.6 Å². The molecule has 0 fully saturated rings. The van der Waals surface area contributed by atoms with Gasteiger partial charge in [-0.2, -0.15) is 5.26 Å². The minimum Gasteiger partial charge on any atom is -0.496 e. The van der Waals surface area contributed by atoms with E-state index < -0.39 is 0 Å². The third kappa shape index (κ3) is 3.44. The van der Waals surface area contributed by atoms with Gasteiger partial charge >= 0.3 is 0 Å². The molecule has 1 aromatic carbocycles. The van der Waals surface area contributed by atoms with Crippen LogP contribution in [0.2, 0.25) is 0 Å². The lowest BCUT2D eigenvalue weighted by atomic mass is 10.2. The molecule has 0 saturated carbocycles. The quantitative estimate of drug-likeness (QED) is 0.625. The normalized spacial score (nSPS) is 10.0. The van der Waals surface area contributed by atoms with Crippen molar-refractivity contribution in [1.82, 2.24) is 9.97 Å². The zero-order valence-electron chi connectivity index (χ0n) is 12.2. The summed E-state index contributed by atoms with van der Waals surface area (Å²) in [6.45, 7) is 0.601. The van der Waals surface area contributed by atoms with Crippen LogP contribution in [0.15, 0.2) is 35.6 Å². The number of hydrogen-bond donors (Lipinski definition) is 0. The lowest BCUT2D eigenvalue weighted by molar-refractivity contribution is 0.409. The number of nitriles is 1. The van der Waals surface area contributed by atoms with Gasteiger partial charge in [0.05, 0.1) is 13.3 Å². The molecule has 0 aliphatic heterocycles. The predicted octanol–water partition coefficient (Wildman–Crippen LogP) is 2.72. The lowest BCUT2D eigenvalue weighted by Crippen LogP contribution is -2.20. The highest BCUT2D eigenvalue weighted by Crippen LogP contribution is 2.24. The maximum atomic E-state index is 9.21. The molecule has 0 aliphatic rings. The van der Waals surface area contributed by atoms with Gasteiger partial charge in [0.2, 0.25) is 0 Å². The summed E-state index contributed by atoms with van der Waals surface area (Å²) < 4.78 is 5.36. The Morgan fingerprint density at radius 3 is 2.81 bits per heavy atom. The van der Waals surface area contributed by atoms with Crippen molar-refractivity contribution in [3.05, 3.63) is 41.6 Å². The van der Waals surface area contributed by atoms with Crippen molar-refractivity contribution < 1.29 is 4.74 Å². The van der Waals surface area contributed by atoms with Crippen molar-refractivity contribution in [3.63, 3.8) is 0 Å². The average molecular weight is 300 g/mol. The van der Waals surface area contributed by atoms with E-state index in [4.69, 9.17) is 4.74 Å². The van der Waals surface area contributed by atoms with Crippen molar-refractivity contribution in [2.45, 2.75) is 11.7 Å². The van der Waals surface area contributed by atoms with Crippen LogP contribution in [-0.4, -0.2) is 30.4 Å². The first-order valence-corrected chi connectivity index (χ1v) is 7.56. The molecule has 1 heterocycles. The number of benzene rings is 1. The molecule has 0 radical (unpaired) electrons. The largest absolute Gasteiger partial charge is 0.496 e. The molecule has 1 aromatic heterocycles. The molecular weight excluding hydrogens is 284 g/mol. The van der Waals surface area contributed by atoms with Crippen molar-refractivity contribution in [2.75, 3.05) is 25.3 Å². The third-order valence-corrected chi connectivity index (χ3v) is 3.57. The van der Waals surface area contributed by atoms with Crippen LogP contribution in [-0.2, 0) is 6.54 Å². The molecule has 5 nitrogen and oxygen atoms in total. The fraction of sp³-hybridized carbons (Fsp3) is 0.267. The van der Waals surface area contributed by atoms with Crippen LogP contribution in [0.4, 0.5) is 5.82 Å². The number of anilines is 1. The van der Waals surface area contributed by atoms with E-state index in [1.165, 1.54) is 11.8 Å². The lowest BCUT2D eigenvalue weighted by Gasteiger charge is -2.20. The van der Waals surface area contributed by atoms with E-state index in [0.717, 1.165) is 11.3 Å². The van der Waals surface area contributed by atoms with Crippen LogP contribution in [0.5, 0.6) is 5.75 Å². The Hall–Kier alpha value is -2.26. The van der Waals surface area contributed by atoms with Crippen LogP contribution < -0.4 is 9.64 Å². The molecule has 2 rings (SSSR count). The minimum atomic E-state index is 0.463. The number of nitrogens with zero attached hydrogens (tertiary/aromatic N) is 4. The van der Waals surface area contributed by atoms with Gasteiger partial charge in [-0.15, -0.1) is 0 Å². The Labute approximate surface area is 128 Å². The minimum absolute atomic E-state index is 0.463. The molecule has 6 heteroatoms. The summed E-state index contributed by atoms with van der Waals surface area (Å²) in [5, 5.41) is 9.86. The van der Waals surface area contributed by atoms with Gasteiger partial charge in [-0.25, -0.2) is 9.97 Å². The van der Waals surface area contributed by atoms with E-state index in [0.29, 0.717) is 23.1 Å². The highest BCUT2D eigenvalue weighted by Gasteiger charge is 2.13. The maximum absolute atomic E-state index is 9.21. The van der Waals surface area contributed by atoms with Crippen LogP contribution in [0.3, 0.4) is 0 Å². The highest BCUT2D eigenvalue weighted by atomic mass is 32.2. The number of aromatic nitrogens is 2. The zero-order valence-corrected chi connectivity index (χ0v) is 13.0. The van der Waals surface area contributed by atoms with Gasteiger partial charge in [-0.05, 0) is 12.3 Å². The summed E-state index contributed by atoms with van der Waals surface area (Å²) in [4.78, 5) is 10.5. The Morgan fingerprint density at radius 2 is 2.14 bits per heavy atom. The first-order chi connectivity index (χ1) is 10.2. The van der Waals surface area contributed by atoms with Gasteiger partial charge in [0.1, 0.15) is 17.4 Å². The molecule has 0 aliphatic carbocycles. The number of thioether (sulfide) groups is 1. The summed E-state index contributed by atoms with van der Waals surface area (Å²) in [6, 6.07) is 9.94. The molecule has 0 unspecified atom stereocenters. The topological polar surface area (TPSA) is 62.0 Å². The SMILES string of the molecule is COc1ccccc1CN(C)c1nc(SC)ncc1C#N. The van der Waals surface area contributed by atoms with E-state index in [9.17, 15) is 5.26 Å². The summed E-state index contributed by atoms with van der Waals surface area (Å²) >= 11 is 1.45. The molecule has 108 valence electrons. The van der Waals surface area contributed by atoms with Gasteiger partial charge in [0.15, 0.2) is 11.0 Å². The second kappa shape index (κ2) is 6.95. The van der Waals surface area contributed by atoms with E-state index in [-0.39, 0.29) is 0 Å². The Bertz CT molecular complexity index is 669. The van der Waals surface area contributed by atoms with Crippen LogP contribution >= 0.6 is 11.8 Å². The fourth-order valence-electron chi connectivity index (χ4n) is 1.99. The van der Waals surface area contributed by atoms with E-state index >= 15 is 0 Å². The summed E-state index contributed by atoms with van der Waals surface area (Å²) in [7, 11) is 3.55. The van der Waals surface area contributed by atoms with Gasteiger partial charge in [0.25, 0.3) is 0 Å². The van der Waals surface area contributed by atoms with Gasteiger partial charge in [0, 0.05) is 19.2 Å². The van der Waals surface area contributed by atoms with E-state index in [1.807, 2.05) is 42.5 Å². The molecular formula is C15H16N4OS. The molecule has 0 amide bonds. The van der Waals surface area contributed by atoms with Crippen molar-refractivity contribution in [3.8, 4) is 11.8 Å². The van der Waals surface area contributed by atoms with Crippen LogP contribution in [0.25, 0.3) is 0 Å². The first-order valence-electron chi connectivity index (χ1n) is 6.33. The molecule has 21 heavy (non-hydrogen) atoms. The highest BCUT2D eigenvalue weighted by molar-refractivity contribution is 7.98. The molecule has 0 spiro atoms. The second-order valence-corrected chi connectivity index (χ2v) is 5.15. The smallest absolute Gasteiger partial charge is 0.189 e. The predicted molar refractivity (Wildman–Crippen MR) is 83.6 cm³/mol. The second-order valence-electron chi connectivity index (χ2n) is 4.37. The molecule has 2 aromatic rings. The monoisotopic (exact) mass is 300 g/mol. The average Bonchev–Trinajstić information content (AvgIpc) is 2.54. The van der Waals surface area contributed by atoms with Crippen LogP contribution in [0, 0.1) is 11.3 Å². The van der Waals surface area contributed by atoms with E-state index in [2.05, 4.69) is 16.0 Å². The van der Waals surface area contributed by atoms with Gasteiger partial charge < -0.3 is 9.64 Å². The van der Waals surface area contributed by atoms with Gasteiger partial charge in [-0.3, -0.25) is 0 Å². The third-order valence-electron chi connectivity index (χ3n) is 3.01. The van der Waals surface area contributed by atoms with Crippen LogP contribution in [0.1, 0.15) is 11.1 Å². The van der Waals surface area contributed by atoms with E-state index in [1.54, 1.807) is 13.3 Å². The summed E-state index contributed by atoms with van der Waals surface area (Å²) in [5.41, 5.74) is 1.50. The standard InChI is InChI=1S/C15H16N4OS/c1-19(10-11-6-4-5-7-13(11)20-2)14-12(8-16)9-17-15(18-14)21-3/h4-7,9H,10H2,1-3H3. The zero-order chi connectivity index (χ0) is 15.2. The maximum Gasteiger partial charge on any atom is 0.189 e. The van der Waals surface area contributed by atoms with Gasteiger partial charge in [-0.1, -0.05) is 30.0 Å². The molecule has 0 atom stereocenters. The fourth-order valence-corrected chi connectivity index (χ4v) is 2.33.